The highest BCUT2D eigenvalue weighted by Crippen LogP contribution is 2.34. The zero-order valence-electron chi connectivity index (χ0n) is 18.7. The third kappa shape index (κ3) is 4.45. The Morgan fingerprint density at radius 3 is 2.81 bits per heavy atom. The number of likely N-dealkylation sites (tertiary alicyclic amines) is 2. The standard InChI is InChI=1S/C23H31N5O3S/c1-2-28-21(24-25-23(28)32-13-12-26-9-3-4-10-26)18-6-5-11-27(15-18)22(29)17-7-8-19-20(14-17)31-16-30-19/h7-8,14,18H,2-6,9-13,15-16H2,1H3/t18-/m1/s1. The highest BCUT2D eigenvalue weighted by atomic mass is 32.2. The van der Waals surface area contributed by atoms with E-state index < -0.39 is 0 Å². The maximum atomic E-state index is 13.2. The number of amides is 1. The Morgan fingerprint density at radius 2 is 1.97 bits per heavy atom. The van der Waals surface area contributed by atoms with Gasteiger partial charge in [-0.25, -0.2) is 0 Å². The minimum Gasteiger partial charge on any atom is -0.454 e. The fourth-order valence-corrected chi connectivity index (χ4v) is 5.87. The number of aromatic nitrogens is 3. The predicted octanol–water partition coefficient (Wildman–Crippen LogP) is 3.23. The van der Waals surface area contributed by atoms with Crippen LogP contribution in [0.1, 0.15) is 54.7 Å². The summed E-state index contributed by atoms with van der Waals surface area (Å²) in [7, 11) is 0. The van der Waals surface area contributed by atoms with Crippen molar-refractivity contribution in [1.82, 2.24) is 24.6 Å². The SMILES string of the molecule is CCn1c(SCCN2CCCC2)nnc1[C@@H]1CCCN(C(=O)c2ccc3c(c2)OCO3)C1. The molecule has 2 fully saturated rings. The number of hydrogen-bond acceptors (Lipinski definition) is 7. The predicted molar refractivity (Wildman–Crippen MR) is 123 cm³/mol. The second-order valence-corrected chi connectivity index (χ2v) is 9.70. The number of carbonyl (C=O) groups is 1. The van der Waals surface area contributed by atoms with Gasteiger partial charge in [0.25, 0.3) is 5.91 Å². The maximum Gasteiger partial charge on any atom is 0.254 e. The van der Waals surface area contributed by atoms with Crippen LogP contribution in [0.2, 0.25) is 0 Å². The molecule has 1 atom stereocenters. The number of rotatable bonds is 7. The second kappa shape index (κ2) is 9.70. The van der Waals surface area contributed by atoms with Crippen LogP contribution in [-0.2, 0) is 6.54 Å². The summed E-state index contributed by atoms with van der Waals surface area (Å²) >= 11 is 1.80. The third-order valence-corrected chi connectivity index (χ3v) is 7.54. The summed E-state index contributed by atoms with van der Waals surface area (Å²) in [4.78, 5) is 17.7. The van der Waals surface area contributed by atoms with E-state index in [1.54, 1.807) is 17.8 Å². The van der Waals surface area contributed by atoms with Crippen molar-refractivity contribution in [3.05, 3.63) is 29.6 Å². The molecule has 8 nitrogen and oxygen atoms in total. The van der Waals surface area contributed by atoms with E-state index in [0.29, 0.717) is 23.6 Å². The molecule has 2 saturated heterocycles. The Labute approximate surface area is 193 Å². The summed E-state index contributed by atoms with van der Waals surface area (Å²) in [6.07, 6.45) is 4.64. The Hall–Kier alpha value is -2.26. The van der Waals surface area contributed by atoms with Gasteiger partial charge in [-0.1, -0.05) is 11.8 Å². The third-order valence-electron chi connectivity index (χ3n) is 6.59. The van der Waals surface area contributed by atoms with Crippen LogP contribution >= 0.6 is 11.8 Å². The molecule has 0 N–H and O–H groups in total. The van der Waals surface area contributed by atoms with Gasteiger partial charge in [0, 0.05) is 43.4 Å². The number of ether oxygens (including phenoxy) is 2. The van der Waals surface area contributed by atoms with Crippen LogP contribution in [0.3, 0.4) is 0 Å². The van der Waals surface area contributed by atoms with Crippen LogP contribution in [0.4, 0.5) is 0 Å². The van der Waals surface area contributed by atoms with Crippen molar-refractivity contribution in [2.75, 3.05) is 45.3 Å². The first kappa shape index (κ1) is 21.6. The maximum absolute atomic E-state index is 13.2. The second-order valence-electron chi connectivity index (χ2n) is 8.64. The van der Waals surface area contributed by atoms with Crippen molar-refractivity contribution in [3.8, 4) is 11.5 Å². The minimum absolute atomic E-state index is 0.0378. The monoisotopic (exact) mass is 457 g/mol. The molecule has 0 unspecified atom stereocenters. The molecule has 2 aromatic rings. The van der Waals surface area contributed by atoms with E-state index in [2.05, 4.69) is 26.6 Å². The molecule has 1 aromatic heterocycles. The number of nitrogens with zero attached hydrogens (tertiary/aromatic N) is 5. The fraction of sp³-hybridized carbons (Fsp3) is 0.609. The normalized spacial score (nSPS) is 20.8. The van der Waals surface area contributed by atoms with Gasteiger partial charge in [0.05, 0.1) is 0 Å². The van der Waals surface area contributed by atoms with E-state index >= 15 is 0 Å². The first-order valence-corrected chi connectivity index (χ1v) is 12.7. The Balaban J connectivity index is 1.24. The van der Waals surface area contributed by atoms with Gasteiger partial charge < -0.3 is 23.8 Å². The Morgan fingerprint density at radius 1 is 1.12 bits per heavy atom. The number of benzene rings is 1. The van der Waals surface area contributed by atoms with E-state index in [9.17, 15) is 4.79 Å². The molecule has 3 aliphatic heterocycles. The van der Waals surface area contributed by atoms with Crippen molar-refractivity contribution in [3.63, 3.8) is 0 Å². The molecule has 5 rings (SSSR count). The van der Waals surface area contributed by atoms with E-state index in [0.717, 1.165) is 49.2 Å². The lowest BCUT2D eigenvalue weighted by Crippen LogP contribution is -2.39. The molecule has 0 aliphatic carbocycles. The lowest BCUT2D eigenvalue weighted by Gasteiger charge is -2.32. The average molecular weight is 458 g/mol. The molecule has 4 heterocycles. The van der Waals surface area contributed by atoms with Crippen LogP contribution in [-0.4, -0.2) is 75.7 Å². The molecule has 3 aliphatic rings. The first-order chi connectivity index (χ1) is 15.7. The molecule has 172 valence electrons. The van der Waals surface area contributed by atoms with Gasteiger partial charge >= 0.3 is 0 Å². The number of hydrogen-bond donors (Lipinski definition) is 0. The summed E-state index contributed by atoms with van der Waals surface area (Å²) in [6, 6.07) is 5.43. The Kier molecular flexibility index (Phi) is 6.54. The Bertz CT molecular complexity index is 959. The van der Waals surface area contributed by atoms with Gasteiger partial charge in [-0.15, -0.1) is 10.2 Å². The van der Waals surface area contributed by atoms with Crippen LogP contribution in [0.5, 0.6) is 11.5 Å². The van der Waals surface area contributed by atoms with Crippen molar-refractivity contribution in [2.24, 2.45) is 0 Å². The highest BCUT2D eigenvalue weighted by Gasteiger charge is 2.30. The van der Waals surface area contributed by atoms with E-state index in [4.69, 9.17) is 9.47 Å². The van der Waals surface area contributed by atoms with E-state index in [1.807, 2.05) is 17.0 Å². The zero-order chi connectivity index (χ0) is 21.9. The molecule has 0 saturated carbocycles. The lowest BCUT2D eigenvalue weighted by molar-refractivity contribution is 0.0702. The largest absolute Gasteiger partial charge is 0.454 e. The molecule has 0 radical (unpaired) electrons. The number of fused-ring (bicyclic) bond motifs is 1. The van der Waals surface area contributed by atoms with E-state index in [-0.39, 0.29) is 18.6 Å². The van der Waals surface area contributed by atoms with Gasteiger partial charge in [-0.2, -0.15) is 0 Å². The number of carbonyl (C=O) groups excluding carboxylic acids is 1. The molecule has 1 amide bonds. The van der Waals surface area contributed by atoms with Crippen LogP contribution in [0, 0.1) is 0 Å². The van der Waals surface area contributed by atoms with Crippen molar-refractivity contribution < 1.29 is 14.3 Å². The highest BCUT2D eigenvalue weighted by molar-refractivity contribution is 7.99. The molecular weight excluding hydrogens is 426 g/mol. The first-order valence-electron chi connectivity index (χ1n) is 11.7. The topological polar surface area (TPSA) is 72.7 Å². The quantitative estimate of drug-likeness (QED) is 0.591. The molecular formula is C23H31N5O3S. The van der Waals surface area contributed by atoms with Gasteiger partial charge in [0.15, 0.2) is 16.7 Å². The van der Waals surface area contributed by atoms with Crippen LogP contribution in [0.15, 0.2) is 23.4 Å². The molecule has 0 spiro atoms. The molecule has 0 bridgehead atoms. The number of thioether (sulfide) groups is 1. The smallest absolute Gasteiger partial charge is 0.254 e. The van der Waals surface area contributed by atoms with Gasteiger partial charge in [-0.3, -0.25) is 4.79 Å². The van der Waals surface area contributed by atoms with Gasteiger partial charge in [-0.05, 0) is 63.9 Å². The van der Waals surface area contributed by atoms with Crippen LogP contribution in [0.25, 0.3) is 0 Å². The molecule has 32 heavy (non-hydrogen) atoms. The zero-order valence-corrected chi connectivity index (χ0v) is 19.5. The summed E-state index contributed by atoms with van der Waals surface area (Å²) in [5.41, 5.74) is 0.644. The fourth-order valence-electron chi connectivity index (χ4n) is 4.86. The molecule has 9 heteroatoms. The summed E-state index contributed by atoms with van der Waals surface area (Å²) in [5.74, 6) is 3.64. The van der Waals surface area contributed by atoms with Crippen molar-refractivity contribution in [1.29, 1.82) is 0 Å². The van der Waals surface area contributed by atoms with E-state index in [1.165, 1.54) is 25.9 Å². The summed E-state index contributed by atoms with van der Waals surface area (Å²) in [5, 5.41) is 10.1. The number of piperidine rings is 1. The molecule has 1 aromatic carbocycles. The van der Waals surface area contributed by atoms with Crippen molar-refractivity contribution in [2.45, 2.75) is 50.2 Å². The average Bonchev–Trinajstić information content (AvgIpc) is 3.59. The van der Waals surface area contributed by atoms with Gasteiger partial charge in [0.1, 0.15) is 5.82 Å². The minimum atomic E-state index is 0.0378. The van der Waals surface area contributed by atoms with Gasteiger partial charge in [0.2, 0.25) is 6.79 Å². The van der Waals surface area contributed by atoms with Crippen molar-refractivity contribution >= 4 is 17.7 Å². The summed E-state index contributed by atoms with van der Waals surface area (Å²) in [6.45, 7) is 8.20. The van der Waals surface area contributed by atoms with Crippen LogP contribution < -0.4 is 9.47 Å². The lowest BCUT2D eigenvalue weighted by atomic mass is 9.96. The summed E-state index contributed by atoms with van der Waals surface area (Å²) < 4.78 is 13.1.